The smallest absolute Gasteiger partial charge is 0.327 e. The molecule has 7 heteroatoms. The molecule has 1 amide bonds. The summed E-state index contributed by atoms with van der Waals surface area (Å²) < 4.78 is 7.23. The normalized spacial score (nSPS) is 19.1. The van der Waals surface area contributed by atoms with E-state index in [9.17, 15) is 4.79 Å². The van der Waals surface area contributed by atoms with E-state index in [1.54, 1.807) is 10.9 Å². The first kappa shape index (κ1) is 18.9. The number of benzene rings is 2. The summed E-state index contributed by atoms with van der Waals surface area (Å²) in [7, 11) is 0. The van der Waals surface area contributed by atoms with Crippen LogP contribution in [0.4, 0.5) is 10.5 Å². The maximum absolute atomic E-state index is 12.7. The minimum atomic E-state index is -0.188. The lowest BCUT2D eigenvalue weighted by molar-refractivity contribution is 0.231. The number of para-hydroxylation sites is 2. The number of amides is 1. The number of aromatic nitrogens is 2. The number of hydrogen-bond acceptors (Lipinski definition) is 5. The molecule has 1 N–H and O–H groups in total. The van der Waals surface area contributed by atoms with Crippen molar-refractivity contribution < 1.29 is 9.53 Å². The summed E-state index contributed by atoms with van der Waals surface area (Å²) in [5, 5.41) is 2.92. The molecule has 2 aromatic carbocycles. The molecule has 0 saturated carbocycles. The van der Waals surface area contributed by atoms with Crippen molar-refractivity contribution in [1.29, 1.82) is 0 Å². The van der Waals surface area contributed by atoms with Crippen molar-refractivity contribution in [2.75, 3.05) is 44.2 Å². The Balaban J connectivity index is 1.25. The highest BCUT2D eigenvalue weighted by atomic mass is 16.5. The molecule has 3 aromatic rings. The summed E-state index contributed by atoms with van der Waals surface area (Å²) in [6.45, 7) is 5.21. The van der Waals surface area contributed by atoms with Gasteiger partial charge in [0, 0.05) is 25.7 Å². The average molecular weight is 406 g/mol. The van der Waals surface area contributed by atoms with E-state index in [-0.39, 0.29) is 6.03 Å². The molecule has 2 aliphatic heterocycles. The third kappa shape index (κ3) is 3.73. The van der Waals surface area contributed by atoms with Gasteiger partial charge in [-0.15, -0.1) is 0 Å². The largest absolute Gasteiger partial charge is 0.492 e. The molecule has 2 fully saturated rings. The highest BCUT2D eigenvalue weighted by Gasteiger charge is 2.31. The molecule has 30 heavy (non-hydrogen) atoms. The number of hydrogen-bond donors (Lipinski definition) is 1. The Bertz CT molecular complexity index is 1020. The van der Waals surface area contributed by atoms with E-state index in [1.165, 1.54) is 19.4 Å². The van der Waals surface area contributed by atoms with Crippen LogP contribution in [0.2, 0.25) is 0 Å². The van der Waals surface area contributed by atoms with E-state index >= 15 is 0 Å². The minimum Gasteiger partial charge on any atom is -0.492 e. The summed E-state index contributed by atoms with van der Waals surface area (Å²) in [5.41, 5.74) is 2.85. The monoisotopic (exact) mass is 405 g/mol. The molecule has 3 heterocycles. The third-order valence-electron chi connectivity index (χ3n) is 6.09. The predicted molar refractivity (Wildman–Crippen MR) is 117 cm³/mol. The van der Waals surface area contributed by atoms with Gasteiger partial charge < -0.3 is 15.0 Å². The van der Waals surface area contributed by atoms with Crippen LogP contribution >= 0.6 is 0 Å². The molecule has 0 spiro atoms. The molecule has 0 radical (unpaired) electrons. The van der Waals surface area contributed by atoms with Gasteiger partial charge >= 0.3 is 6.03 Å². The van der Waals surface area contributed by atoms with Gasteiger partial charge in [-0.25, -0.2) is 9.78 Å². The fraction of sp³-hybridized carbons (Fsp3) is 0.391. The lowest BCUT2D eigenvalue weighted by atomic mass is 10.1. The topological polar surface area (TPSA) is 62.6 Å². The second-order valence-corrected chi connectivity index (χ2v) is 7.93. The van der Waals surface area contributed by atoms with Crippen LogP contribution in [0.1, 0.15) is 12.8 Å². The fourth-order valence-electron chi connectivity index (χ4n) is 4.58. The molecule has 1 atom stereocenters. The number of ether oxygens (including phenoxy) is 1. The standard InChI is InChI=1S/C23H27N5O2/c29-23(24-11-15-30-19-7-2-1-3-8-19)28-17-25-22-20(9-4-10-21(22)28)27-14-13-26-12-5-6-18(26)16-27/h1-4,7-10,17-18H,5-6,11-16H2,(H,24,29). The lowest BCUT2D eigenvalue weighted by Gasteiger charge is -2.38. The number of nitrogens with zero attached hydrogens (tertiary/aromatic N) is 4. The van der Waals surface area contributed by atoms with Crippen LogP contribution in [0.25, 0.3) is 11.0 Å². The highest BCUT2D eigenvalue weighted by Crippen LogP contribution is 2.30. The minimum absolute atomic E-state index is 0.188. The van der Waals surface area contributed by atoms with Gasteiger partial charge in [0.05, 0.1) is 17.7 Å². The average Bonchev–Trinajstić information content (AvgIpc) is 3.43. The fourth-order valence-corrected chi connectivity index (χ4v) is 4.58. The second-order valence-electron chi connectivity index (χ2n) is 7.93. The van der Waals surface area contributed by atoms with Gasteiger partial charge in [0.15, 0.2) is 0 Å². The summed E-state index contributed by atoms with van der Waals surface area (Å²) in [6.07, 6.45) is 4.19. The SMILES string of the molecule is O=C(NCCOc1ccccc1)n1cnc2c(N3CCN4CCCC4C3)cccc21. The number of fused-ring (bicyclic) bond motifs is 2. The van der Waals surface area contributed by atoms with Crippen molar-refractivity contribution in [3.8, 4) is 5.75 Å². The van der Waals surface area contributed by atoms with E-state index in [1.807, 2.05) is 42.5 Å². The molecule has 156 valence electrons. The van der Waals surface area contributed by atoms with Crippen LogP contribution in [0.15, 0.2) is 54.9 Å². The number of imidazole rings is 1. The first-order valence-electron chi connectivity index (χ1n) is 10.7. The quantitative estimate of drug-likeness (QED) is 0.662. The van der Waals surface area contributed by atoms with Crippen LogP contribution < -0.4 is 15.0 Å². The van der Waals surface area contributed by atoms with Crippen molar-refractivity contribution >= 4 is 22.8 Å². The van der Waals surface area contributed by atoms with Crippen molar-refractivity contribution in [1.82, 2.24) is 19.8 Å². The predicted octanol–water partition coefficient (Wildman–Crippen LogP) is 2.96. The Hall–Kier alpha value is -3.06. The molecule has 1 unspecified atom stereocenters. The van der Waals surface area contributed by atoms with Crippen molar-refractivity contribution in [3.05, 3.63) is 54.9 Å². The molecular weight excluding hydrogens is 378 g/mol. The van der Waals surface area contributed by atoms with E-state index < -0.39 is 0 Å². The number of rotatable bonds is 5. The van der Waals surface area contributed by atoms with Gasteiger partial charge in [0.2, 0.25) is 0 Å². The van der Waals surface area contributed by atoms with E-state index in [0.29, 0.717) is 19.2 Å². The Labute approximate surface area is 176 Å². The van der Waals surface area contributed by atoms with Crippen LogP contribution in [0, 0.1) is 0 Å². The molecular formula is C23H27N5O2. The highest BCUT2D eigenvalue weighted by molar-refractivity contribution is 5.95. The molecule has 0 bridgehead atoms. The third-order valence-corrected chi connectivity index (χ3v) is 6.09. The first-order valence-corrected chi connectivity index (χ1v) is 10.7. The Morgan fingerprint density at radius 1 is 1.10 bits per heavy atom. The number of piperazine rings is 1. The van der Waals surface area contributed by atoms with Crippen LogP contribution in [0.3, 0.4) is 0 Å². The molecule has 2 aliphatic rings. The Morgan fingerprint density at radius 3 is 2.90 bits per heavy atom. The van der Waals surface area contributed by atoms with Gasteiger partial charge in [0.1, 0.15) is 24.2 Å². The van der Waals surface area contributed by atoms with E-state index in [2.05, 4.69) is 26.2 Å². The first-order chi connectivity index (χ1) is 14.8. The summed E-state index contributed by atoms with van der Waals surface area (Å²) in [6, 6.07) is 16.1. The maximum Gasteiger partial charge on any atom is 0.327 e. The van der Waals surface area contributed by atoms with Crippen molar-refractivity contribution in [3.63, 3.8) is 0 Å². The van der Waals surface area contributed by atoms with Crippen molar-refractivity contribution in [2.24, 2.45) is 0 Å². The number of nitrogens with one attached hydrogen (secondary N) is 1. The lowest BCUT2D eigenvalue weighted by Crippen LogP contribution is -2.50. The summed E-state index contributed by atoms with van der Waals surface area (Å²) in [5.74, 6) is 0.798. The van der Waals surface area contributed by atoms with Gasteiger partial charge in [-0.3, -0.25) is 9.47 Å². The zero-order chi connectivity index (χ0) is 20.3. The molecule has 5 rings (SSSR count). The van der Waals surface area contributed by atoms with Gasteiger partial charge in [-0.1, -0.05) is 24.3 Å². The zero-order valence-corrected chi connectivity index (χ0v) is 17.0. The number of carbonyl (C=O) groups excluding carboxylic acids is 1. The molecule has 2 saturated heterocycles. The van der Waals surface area contributed by atoms with E-state index in [0.717, 1.165) is 42.1 Å². The maximum atomic E-state index is 12.7. The summed E-state index contributed by atoms with van der Waals surface area (Å²) >= 11 is 0. The second kappa shape index (κ2) is 8.36. The Kier molecular flexibility index (Phi) is 5.27. The molecule has 1 aromatic heterocycles. The molecule has 7 nitrogen and oxygen atoms in total. The zero-order valence-electron chi connectivity index (χ0n) is 17.0. The van der Waals surface area contributed by atoms with Crippen LogP contribution in [0.5, 0.6) is 5.75 Å². The van der Waals surface area contributed by atoms with Gasteiger partial charge in [-0.2, -0.15) is 0 Å². The van der Waals surface area contributed by atoms with Crippen LogP contribution in [-0.4, -0.2) is 65.9 Å². The van der Waals surface area contributed by atoms with Crippen molar-refractivity contribution in [2.45, 2.75) is 18.9 Å². The van der Waals surface area contributed by atoms with E-state index in [4.69, 9.17) is 4.74 Å². The van der Waals surface area contributed by atoms with Crippen LogP contribution in [-0.2, 0) is 0 Å². The Morgan fingerprint density at radius 2 is 2.00 bits per heavy atom. The van der Waals surface area contributed by atoms with Gasteiger partial charge in [0.25, 0.3) is 0 Å². The van der Waals surface area contributed by atoms with Gasteiger partial charge in [-0.05, 0) is 43.7 Å². The summed E-state index contributed by atoms with van der Waals surface area (Å²) in [4.78, 5) is 22.3. The number of anilines is 1. The molecule has 0 aliphatic carbocycles. The number of carbonyl (C=O) groups is 1.